The number of hydrogen-bond donors (Lipinski definition) is 4. The van der Waals surface area contributed by atoms with E-state index in [0.717, 1.165) is 0 Å². The number of carbonyl (C=O) groups excluding carboxylic acids is 4. The fraction of sp³-hybridized carbons (Fsp3) is 0.833. The lowest BCUT2D eigenvalue weighted by Gasteiger charge is -2.28. The summed E-state index contributed by atoms with van der Waals surface area (Å²) >= 11 is 0. The number of amides is 4. The summed E-state index contributed by atoms with van der Waals surface area (Å²) < 4.78 is 21.5. The van der Waals surface area contributed by atoms with Gasteiger partial charge < -0.3 is 34.9 Å². The summed E-state index contributed by atoms with van der Waals surface area (Å²) in [4.78, 5) is 53.8. The number of hydrogen-bond acceptors (Lipinski definition) is 8. The van der Waals surface area contributed by atoms with Gasteiger partial charge in [0.05, 0.1) is 13.2 Å². The summed E-state index contributed by atoms with van der Waals surface area (Å²) in [7, 11) is 0. The molecule has 13 heteroatoms. The summed E-state index contributed by atoms with van der Waals surface area (Å²) in [6, 6.07) is -0.909. The Balaban J connectivity index is 5.33. The molecule has 0 heterocycles. The van der Waals surface area contributed by atoms with Gasteiger partial charge in [0.1, 0.15) is 22.8 Å². The number of guanidine groups is 1. The van der Waals surface area contributed by atoms with Crippen molar-refractivity contribution in [2.75, 3.05) is 26.3 Å². The Labute approximate surface area is 258 Å². The Morgan fingerprint density at radius 3 is 1.77 bits per heavy atom. The van der Waals surface area contributed by atoms with Crippen LogP contribution >= 0.6 is 0 Å². The Morgan fingerprint density at radius 1 is 0.721 bits per heavy atom. The van der Waals surface area contributed by atoms with Gasteiger partial charge in [-0.25, -0.2) is 14.4 Å². The van der Waals surface area contributed by atoms with Crippen molar-refractivity contribution in [3.8, 4) is 0 Å². The van der Waals surface area contributed by atoms with Crippen LogP contribution in [0.2, 0.25) is 0 Å². The van der Waals surface area contributed by atoms with E-state index in [1.807, 2.05) is 0 Å². The topological polar surface area (TPSA) is 166 Å². The highest BCUT2D eigenvalue weighted by molar-refractivity contribution is 5.98. The van der Waals surface area contributed by atoms with Crippen LogP contribution in [-0.4, -0.2) is 79.3 Å². The van der Waals surface area contributed by atoms with Crippen molar-refractivity contribution in [1.82, 2.24) is 21.3 Å². The summed E-state index contributed by atoms with van der Waals surface area (Å²) in [5.74, 6) is -0.134. The van der Waals surface area contributed by atoms with E-state index in [1.165, 1.54) is 0 Å². The SMILES string of the molecule is CC(C)C(C)(C)COCCNC(=O)C(CCCN/C(=N\C(=O)OC(C)(C)C)NC(=O)OC(C)(C)C)NC(=O)OC(C)(C)C. The van der Waals surface area contributed by atoms with E-state index in [0.29, 0.717) is 25.6 Å². The first kappa shape index (κ1) is 39.9. The Bertz CT molecular complexity index is 944. The molecule has 1 atom stereocenters. The lowest BCUT2D eigenvalue weighted by Crippen LogP contribution is -2.49. The van der Waals surface area contributed by atoms with Crippen LogP contribution in [0.3, 0.4) is 0 Å². The van der Waals surface area contributed by atoms with Gasteiger partial charge in [0.15, 0.2) is 0 Å². The van der Waals surface area contributed by atoms with Gasteiger partial charge in [-0.05, 0) is 86.5 Å². The van der Waals surface area contributed by atoms with Crippen LogP contribution in [0, 0.1) is 11.3 Å². The van der Waals surface area contributed by atoms with E-state index in [2.05, 4.69) is 54.0 Å². The highest BCUT2D eigenvalue weighted by atomic mass is 16.6. The third-order valence-corrected chi connectivity index (χ3v) is 5.77. The van der Waals surface area contributed by atoms with E-state index in [1.54, 1.807) is 62.3 Å². The van der Waals surface area contributed by atoms with Crippen LogP contribution in [0.5, 0.6) is 0 Å². The van der Waals surface area contributed by atoms with Gasteiger partial charge in [0, 0.05) is 13.1 Å². The molecule has 0 aromatic rings. The normalized spacial score (nSPS) is 13.6. The van der Waals surface area contributed by atoms with E-state index in [9.17, 15) is 19.2 Å². The van der Waals surface area contributed by atoms with Crippen LogP contribution in [0.25, 0.3) is 0 Å². The molecule has 0 rings (SSSR count). The number of carbonyl (C=O) groups is 4. The summed E-state index contributed by atoms with van der Waals surface area (Å²) in [5.41, 5.74) is -2.31. The third kappa shape index (κ3) is 21.3. The molecule has 0 aliphatic rings. The molecule has 1 unspecified atom stereocenters. The van der Waals surface area contributed by atoms with Crippen LogP contribution in [0.4, 0.5) is 14.4 Å². The first-order valence-corrected chi connectivity index (χ1v) is 14.8. The predicted molar refractivity (Wildman–Crippen MR) is 166 cm³/mol. The molecule has 0 aliphatic carbocycles. The highest BCUT2D eigenvalue weighted by Gasteiger charge is 2.26. The third-order valence-electron chi connectivity index (χ3n) is 5.77. The second-order valence-electron chi connectivity index (χ2n) is 14.3. The van der Waals surface area contributed by atoms with Gasteiger partial charge in [-0.1, -0.05) is 27.7 Å². The number of alkyl carbamates (subject to hydrolysis) is 2. The second kappa shape index (κ2) is 17.3. The molecule has 0 aromatic carbocycles. The molecule has 4 amide bonds. The van der Waals surface area contributed by atoms with Crippen LogP contribution in [-0.2, 0) is 23.7 Å². The number of aliphatic imine (C=N–C) groups is 1. The molecular weight excluding hydrogens is 558 g/mol. The fourth-order valence-electron chi connectivity index (χ4n) is 2.99. The first-order valence-electron chi connectivity index (χ1n) is 14.8. The molecule has 0 radical (unpaired) electrons. The van der Waals surface area contributed by atoms with Crippen LogP contribution < -0.4 is 21.3 Å². The van der Waals surface area contributed by atoms with Gasteiger partial charge in [-0.15, -0.1) is 4.99 Å². The van der Waals surface area contributed by atoms with Crippen molar-refractivity contribution in [2.24, 2.45) is 16.3 Å². The number of nitrogens with one attached hydrogen (secondary N) is 4. The van der Waals surface area contributed by atoms with Gasteiger partial charge in [0.2, 0.25) is 11.9 Å². The average molecular weight is 616 g/mol. The Morgan fingerprint density at radius 2 is 1.26 bits per heavy atom. The minimum Gasteiger partial charge on any atom is -0.444 e. The quantitative estimate of drug-likeness (QED) is 0.104. The molecule has 0 fully saturated rings. The van der Waals surface area contributed by atoms with Crippen molar-refractivity contribution in [2.45, 2.75) is 126 Å². The second-order valence-corrected chi connectivity index (χ2v) is 14.3. The maximum absolute atomic E-state index is 13.0. The molecule has 0 bridgehead atoms. The zero-order valence-corrected chi connectivity index (χ0v) is 28.6. The molecule has 43 heavy (non-hydrogen) atoms. The molecule has 250 valence electrons. The van der Waals surface area contributed by atoms with E-state index < -0.39 is 47.0 Å². The van der Waals surface area contributed by atoms with Crippen LogP contribution in [0.1, 0.15) is 103 Å². The van der Waals surface area contributed by atoms with Crippen molar-refractivity contribution in [3.63, 3.8) is 0 Å². The number of nitrogens with zero attached hydrogens (tertiary/aromatic N) is 1. The van der Waals surface area contributed by atoms with E-state index in [4.69, 9.17) is 18.9 Å². The predicted octanol–water partition coefficient (Wildman–Crippen LogP) is 4.88. The van der Waals surface area contributed by atoms with E-state index >= 15 is 0 Å². The van der Waals surface area contributed by atoms with Crippen LogP contribution in [0.15, 0.2) is 4.99 Å². The minimum absolute atomic E-state index is 0.00178. The molecule has 0 spiro atoms. The van der Waals surface area contributed by atoms with Crippen molar-refractivity contribution in [3.05, 3.63) is 0 Å². The van der Waals surface area contributed by atoms with Crippen molar-refractivity contribution >= 4 is 30.1 Å². The molecule has 0 aliphatic heterocycles. The molecular formula is C30H57N5O8. The molecule has 13 nitrogen and oxygen atoms in total. The molecule has 4 N–H and O–H groups in total. The fourth-order valence-corrected chi connectivity index (χ4v) is 2.99. The highest BCUT2D eigenvalue weighted by Crippen LogP contribution is 2.25. The maximum Gasteiger partial charge on any atom is 0.437 e. The Kier molecular flexibility index (Phi) is 16.0. The number of ether oxygens (including phenoxy) is 4. The standard InChI is InChI=1S/C30H57N5O8/c1-20(2)30(12,13)19-40-18-17-31-22(36)21(33-24(37)41-27(3,4)5)15-14-16-32-23(34-25(38)42-28(6,7)8)35-26(39)43-29(9,10)11/h20-21H,14-19H2,1-13H3,(H,31,36)(H,33,37)(H2,32,34,35,38,39). The summed E-state index contributed by atoms with van der Waals surface area (Å²) in [6.45, 7) is 25.2. The lowest BCUT2D eigenvalue weighted by molar-refractivity contribution is -0.123. The zero-order valence-electron chi connectivity index (χ0n) is 28.6. The number of rotatable bonds is 12. The average Bonchev–Trinajstić information content (AvgIpc) is 2.76. The molecule has 0 saturated heterocycles. The monoisotopic (exact) mass is 615 g/mol. The lowest BCUT2D eigenvalue weighted by atomic mass is 9.82. The first-order chi connectivity index (χ1) is 19.4. The molecule has 0 aromatic heterocycles. The smallest absolute Gasteiger partial charge is 0.437 e. The summed E-state index contributed by atoms with van der Waals surface area (Å²) in [6.07, 6.45) is -1.89. The van der Waals surface area contributed by atoms with Gasteiger partial charge >= 0.3 is 18.3 Å². The summed E-state index contributed by atoms with van der Waals surface area (Å²) in [5, 5.41) is 10.7. The van der Waals surface area contributed by atoms with E-state index in [-0.39, 0.29) is 30.9 Å². The maximum atomic E-state index is 13.0. The van der Waals surface area contributed by atoms with Gasteiger partial charge in [0.25, 0.3) is 0 Å². The van der Waals surface area contributed by atoms with Crippen molar-refractivity contribution in [1.29, 1.82) is 0 Å². The van der Waals surface area contributed by atoms with Gasteiger partial charge in [-0.2, -0.15) is 0 Å². The zero-order chi connectivity index (χ0) is 33.6. The van der Waals surface area contributed by atoms with Crippen molar-refractivity contribution < 1.29 is 38.1 Å². The minimum atomic E-state index is -0.909. The Hall–Kier alpha value is -3.09. The molecule has 0 saturated carbocycles. The largest absolute Gasteiger partial charge is 0.444 e. The van der Waals surface area contributed by atoms with Gasteiger partial charge in [-0.3, -0.25) is 10.1 Å².